The van der Waals surface area contributed by atoms with Gasteiger partial charge in [0.1, 0.15) is 12.1 Å². The number of likely N-dealkylation sites (tertiary alicyclic amines) is 1. The van der Waals surface area contributed by atoms with E-state index in [2.05, 4.69) is 0 Å². The van der Waals surface area contributed by atoms with Crippen LogP contribution in [0.25, 0.3) is 0 Å². The standard InChI is InChI=1S/C21H22FNO4S/c1-26-21(25)18-13-15(27-19-10-6-5-9-17(19)22)14-23(18)20(24)11-12-28-16-7-3-2-4-8-16/h2-10,15,18H,11-14H2,1H3/t15-,18-/m1/s1. The molecule has 0 saturated carbocycles. The van der Waals surface area contributed by atoms with Gasteiger partial charge in [-0.25, -0.2) is 9.18 Å². The number of methoxy groups -OCH3 is 1. The fraction of sp³-hybridized carbons (Fsp3) is 0.333. The van der Waals surface area contributed by atoms with Crippen LogP contribution in [0.15, 0.2) is 59.5 Å². The van der Waals surface area contributed by atoms with Gasteiger partial charge in [-0.1, -0.05) is 30.3 Å². The highest BCUT2D eigenvalue weighted by molar-refractivity contribution is 7.99. The molecule has 1 aliphatic rings. The first-order valence-corrected chi connectivity index (χ1v) is 10.0. The molecule has 2 aromatic carbocycles. The van der Waals surface area contributed by atoms with Gasteiger partial charge in [0.2, 0.25) is 5.91 Å². The van der Waals surface area contributed by atoms with Crippen molar-refractivity contribution in [1.29, 1.82) is 0 Å². The minimum Gasteiger partial charge on any atom is -0.485 e. The van der Waals surface area contributed by atoms with Gasteiger partial charge < -0.3 is 14.4 Å². The van der Waals surface area contributed by atoms with Crippen molar-refractivity contribution in [2.24, 2.45) is 0 Å². The number of hydrogen-bond donors (Lipinski definition) is 0. The molecule has 0 aromatic heterocycles. The predicted octanol–water partition coefficient (Wildman–Crippen LogP) is 3.53. The molecule has 1 saturated heterocycles. The quantitative estimate of drug-likeness (QED) is 0.523. The molecule has 0 bridgehead atoms. The van der Waals surface area contributed by atoms with Gasteiger partial charge in [-0.05, 0) is 24.3 Å². The van der Waals surface area contributed by atoms with Gasteiger partial charge in [-0.2, -0.15) is 0 Å². The Balaban J connectivity index is 1.61. The molecular formula is C21H22FNO4S. The van der Waals surface area contributed by atoms with E-state index < -0.39 is 23.9 Å². The second-order valence-electron chi connectivity index (χ2n) is 6.40. The maximum atomic E-state index is 13.8. The number of para-hydroxylation sites is 1. The third kappa shape index (κ3) is 5.04. The molecule has 0 spiro atoms. The first-order valence-electron chi connectivity index (χ1n) is 9.05. The summed E-state index contributed by atoms with van der Waals surface area (Å²) in [4.78, 5) is 27.4. The van der Waals surface area contributed by atoms with Crippen LogP contribution in [0.1, 0.15) is 12.8 Å². The topological polar surface area (TPSA) is 55.8 Å². The second-order valence-corrected chi connectivity index (χ2v) is 7.57. The first kappa shape index (κ1) is 20.2. The van der Waals surface area contributed by atoms with Crippen molar-refractivity contribution in [2.45, 2.75) is 29.9 Å². The van der Waals surface area contributed by atoms with Crippen LogP contribution in [0, 0.1) is 5.82 Å². The first-order chi connectivity index (χ1) is 13.6. The number of amides is 1. The van der Waals surface area contributed by atoms with Crippen molar-refractivity contribution in [2.75, 3.05) is 19.4 Å². The highest BCUT2D eigenvalue weighted by Gasteiger charge is 2.41. The summed E-state index contributed by atoms with van der Waals surface area (Å²) < 4.78 is 24.4. The van der Waals surface area contributed by atoms with Gasteiger partial charge in [0.25, 0.3) is 0 Å². The number of nitrogens with zero attached hydrogens (tertiary/aromatic N) is 1. The third-order valence-electron chi connectivity index (χ3n) is 4.51. The van der Waals surface area contributed by atoms with E-state index in [1.54, 1.807) is 23.9 Å². The number of carbonyl (C=O) groups is 2. The summed E-state index contributed by atoms with van der Waals surface area (Å²) >= 11 is 1.58. The zero-order valence-corrected chi connectivity index (χ0v) is 16.4. The summed E-state index contributed by atoms with van der Waals surface area (Å²) in [6, 6.07) is 15.2. The summed E-state index contributed by atoms with van der Waals surface area (Å²) in [5, 5.41) is 0. The maximum Gasteiger partial charge on any atom is 0.328 e. The molecule has 1 heterocycles. The lowest BCUT2D eigenvalue weighted by atomic mass is 10.2. The number of halogens is 1. The number of thioether (sulfide) groups is 1. The van der Waals surface area contributed by atoms with E-state index in [4.69, 9.17) is 9.47 Å². The van der Waals surface area contributed by atoms with Crippen LogP contribution >= 0.6 is 11.8 Å². The van der Waals surface area contributed by atoms with Crippen LogP contribution in [0.2, 0.25) is 0 Å². The van der Waals surface area contributed by atoms with Crippen molar-refractivity contribution in [3.63, 3.8) is 0 Å². The number of benzene rings is 2. The lowest BCUT2D eigenvalue weighted by Crippen LogP contribution is -2.41. The Morgan fingerprint density at radius 3 is 2.57 bits per heavy atom. The number of hydrogen-bond acceptors (Lipinski definition) is 5. The molecular weight excluding hydrogens is 381 g/mol. The molecule has 1 fully saturated rings. The Kier molecular flexibility index (Phi) is 6.92. The van der Waals surface area contributed by atoms with Crippen LogP contribution in [-0.4, -0.2) is 48.3 Å². The van der Waals surface area contributed by atoms with E-state index in [9.17, 15) is 14.0 Å². The number of esters is 1. The Labute approximate surface area is 167 Å². The normalized spacial score (nSPS) is 18.7. The van der Waals surface area contributed by atoms with E-state index in [1.165, 1.54) is 24.1 Å². The summed E-state index contributed by atoms with van der Waals surface area (Å²) in [7, 11) is 1.29. The molecule has 148 valence electrons. The monoisotopic (exact) mass is 403 g/mol. The molecule has 3 rings (SSSR count). The van der Waals surface area contributed by atoms with Crippen molar-refractivity contribution in [1.82, 2.24) is 4.90 Å². The van der Waals surface area contributed by atoms with Crippen molar-refractivity contribution in [3.8, 4) is 5.75 Å². The molecule has 28 heavy (non-hydrogen) atoms. The summed E-state index contributed by atoms with van der Waals surface area (Å²) in [6.07, 6.45) is 0.102. The average Bonchev–Trinajstić information content (AvgIpc) is 3.14. The minimum atomic E-state index is -0.712. The van der Waals surface area contributed by atoms with E-state index in [-0.39, 0.29) is 24.6 Å². The van der Waals surface area contributed by atoms with Crippen LogP contribution in [-0.2, 0) is 14.3 Å². The molecule has 0 radical (unpaired) electrons. The Bertz CT molecular complexity index is 817. The lowest BCUT2D eigenvalue weighted by molar-refractivity contribution is -0.150. The van der Waals surface area contributed by atoms with E-state index in [0.717, 1.165) is 4.90 Å². The fourth-order valence-electron chi connectivity index (χ4n) is 3.15. The van der Waals surface area contributed by atoms with Gasteiger partial charge in [0, 0.05) is 23.5 Å². The van der Waals surface area contributed by atoms with E-state index in [1.807, 2.05) is 30.3 Å². The molecule has 2 atom stereocenters. The SMILES string of the molecule is COC(=O)[C@H]1C[C@@H](Oc2ccccc2F)CN1C(=O)CCSc1ccccc1. The number of rotatable bonds is 7. The van der Waals surface area contributed by atoms with Crippen LogP contribution in [0.4, 0.5) is 4.39 Å². The maximum absolute atomic E-state index is 13.8. The zero-order valence-electron chi connectivity index (χ0n) is 15.5. The highest BCUT2D eigenvalue weighted by atomic mass is 32.2. The number of ether oxygens (including phenoxy) is 2. The van der Waals surface area contributed by atoms with Gasteiger partial charge in [-0.3, -0.25) is 4.79 Å². The second kappa shape index (κ2) is 9.59. The number of carbonyl (C=O) groups excluding carboxylic acids is 2. The minimum absolute atomic E-state index is 0.116. The lowest BCUT2D eigenvalue weighted by Gasteiger charge is -2.22. The Morgan fingerprint density at radius 1 is 1.14 bits per heavy atom. The van der Waals surface area contributed by atoms with E-state index >= 15 is 0 Å². The predicted molar refractivity (Wildman–Crippen MR) is 105 cm³/mol. The van der Waals surface area contributed by atoms with Gasteiger partial charge in [-0.15, -0.1) is 11.8 Å². The highest BCUT2D eigenvalue weighted by Crippen LogP contribution is 2.27. The van der Waals surface area contributed by atoms with E-state index in [0.29, 0.717) is 12.2 Å². The zero-order chi connectivity index (χ0) is 19.9. The third-order valence-corrected chi connectivity index (χ3v) is 5.53. The summed E-state index contributed by atoms with van der Waals surface area (Å²) in [6.45, 7) is 0.225. The fourth-order valence-corrected chi connectivity index (χ4v) is 4.02. The van der Waals surface area contributed by atoms with Gasteiger partial charge >= 0.3 is 5.97 Å². The molecule has 5 nitrogen and oxygen atoms in total. The summed E-state index contributed by atoms with van der Waals surface area (Å²) in [5.74, 6) is -0.375. The van der Waals surface area contributed by atoms with Gasteiger partial charge in [0.15, 0.2) is 11.6 Å². The summed E-state index contributed by atoms with van der Waals surface area (Å²) in [5.41, 5.74) is 0. The Morgan fingerprint density at radius 2 is 1.86 bits per heavy atom. The smallest absolute Gasteiger partial charge is 0.328 e. The van der Waals surface area contributed by atoms with Gasteiger partial charge in [0.05, 0.1) is 13.7 Å². The van der Waals surface area contributed by atoms with Crippen LogP contribution in [0.5, 0.6) is 5.75 Å². The average molecular weight is 403 g/mol. The van der Waals surface area contributed by atoms with Crippen LogP contribution < -0.4 is 4.74 Å². The van der Waals surface area contributed by atoms with Crippen molar-refractivity contribution in [3.05, 3.63) is 60.4 Å². The Hall–Kier alpha value is -2.54. The molecule has 0 unspecified atom stereocenters. The molecule has 0 aliphatic carbocycles. The van der Waals surface area contributed by atoms with Crippen molar-refractivity contribution >= 4 is 23.6 Å². The van der Waals surface area contributed by atoms with Crippen LogP contribution in [0.3, 0.4) is 0 Å². The largest absolute Gasteiger partial charge is 0.485 e. The molecule has 0 N–H and O–H groups in total. The molecule has 7 heteroatoms. The molecule has 1 aliphatic heterocycles. The van der Waals surface area contributed by atoms with Crippen molar-refractivity contribution < 1.29 is 23.5 Å². The molecule has 2 aromatic rings. The molecule has 1 amide bonds.